The van der Waals surface area contributed by atoms with Crippen LogP contribution < -0.4 is 5.73 Å². The zero-order chi connectivity index (χ0) is 15.6. The monoisotopic (exact) mass is 313 g/mol. The molecule has 0 unspecified atom stereocenters. The lowest BCUT2D eigenvalue weighted by Gasteiger charge is -2.32. The van der Waals surface area contributed by atoms with Crippen LogP contribution in [0.5, 0.6) is 0 Å². The average molecular weight is 313 g/mol. The Balaban J connectivity index is 2.17. The largest absolute Gasteiger partial charge is 0.349 e. The van der Waals surface area contributed by atoms with E-state index in [1.807, 2.05) is 11.5 Å². The summed E-state index contributed by atoms with van der Waals surface area (Å²) in [5.74, 6) is 1.26. The van der Waals surface area contributed by atoms with E-state index in [2.05, 4.69) is 13.8 Å². The standard InChI is InChI=1S/C15H27N3O2S/c1-4-17-11-15(9-14(17)10-16)21(19,20)18-7-5-13(6-8-18)12(2)3/h9,11-13H,4-8,10,16H2,1-3H3. The van der Waals surface area contributed by atoms with Gasteiger partial charge in [-0.2, -0.15) is 4.31 Å². The summed E-state index contributed by atoms with van der Waals surface area (Å²) in [5.41, 5.74) is 6.55. The Morgan fingerprint density at radius 1 is 1.33 bits per heavy atom. The summed E-state index contributed by atoms with van der Waals surface area (Å²) >= 11 is 0. The van der Waals surface area contributed by atoms with Crippen molar-refractivity contribution in [3.63, 3.8) is 0 Å². The van der Waals surface area contributed by atoms with Crippen LogP contribution in [0.25, 0.3) is 0 Å². The molecule has 21 heavy (non-hydrogen) atoms. The molecule has 2 N–H and O–H groups in total. The highest BCUT2D eigenvalue weighted by Crippen LogP contribution is 2.28. The molecule has 0 aliphatic carbocycles. The third kappa shape index (κ3) is 3.33. The van der Waals surface area contributed by atoms with Gasteiger partial charge < -0.3 is 10.3 Å². The van der Waals surface area contributed by atoms with Crippen LogP contribution in [0.1, 0.15) is 39.3 Å². The van der Waals surface area contributed by atoms with Crippen LogP contribution in [0.3, 0.4) is 0 Å². The van der Waals surface area contributed by atoms with E-state index in [1.165, 1.54) is 0 Å². The van der Waals surface area contributed by atoms with Gasteiger partial charge in [0.25, 0.3) is 0 Å². The minimum Gasteiger partial charge on any atom is -0.349 e. The lowest BCUT2D eigenvalue weighted by atomic mass is 9.87. The maximum atomic E-state index is 12.7. The molecule has 0 spiro atoms. The van der Waals surface area contributed by atoms with Gasteiger partial charge in [-0.15, -0.1) is 0 Å². The van der Waals surface area contributed by atoms with E-state index in [4.69, 9.17) is 5.73 Å². The zero-order valence-electron chi connectivity index (χ0n) is 13.2. The molecule has 1 fully saturated rings. The summed E-state index contributed by atoms with van der Waals surface area (Å²) in [5, 5.41) is 0. The van der Waals surface area contributed by atoms with Crippen LogP contribution in [0.4, 0.5) is 0 Å². The van der Waals surface area contributed by atoms with E-state index < -0.39 is 10.0 Å². The number of nitrogens with two attached hydrogens (primary N) is 1. The van der Waals surface area contributed by atoms with Crippen molar-refractivity contribution in [1.82, 2.24) is 8.87 Å². The molecule has 1 aliphatic heterocycles. The number of nitrogens with zero attached hydrogens (tertiary/aromatic N) is 2. The van der Waals surface area contributed by atoms with E-state index in [-0.39, 0.29) is 0 Å². The van der Waals surface area contributed by atoms with Gasteiger partial charge in [0, 0.05) is 38.1 Å². The van der Waals surface area contributed by atoms with Crippen molar-refractivity contribution in [2.75, 3.05) is 13.1 Å². The van der Waals surface area contributed by atoms with Gasteiger partial charge in [-0.05, 0) is 37.7 Å². The zero-order valence-corrected chi connectivity index (χ0v) is 14.1. The molecule has 5 nitrogen and oxygen atoms in total. The molecule has 1 aromatic rings. The fraction of sp³-hybridized carbons (Fsp3) is 0.733. The highest BCUT2D eigenvalue weighted by atomic mass is 32.2. The number of aromatic nitrogens is 1. The van der Waals surface area contributed by atoms with Crippen LogP contribution in [0.2, 0.25) is 0 Å². The molecule has 0 radical (unpaired) electrons. The van der Waals surface area contributed by atoms with Crippen molar-refractivity contribution < 1.29 is 8.42 Å². The lowest BCUT2D eigenvalue weighted by Crippen LogP contribution is -2.39. The third-order valence-corrected chi connectivity index (χ3v) is 6.45. The van der Waals surface area contributed by atoms with E-state index >= 15 is 0 Å². The minimum absolute atomic E-state index is 0.360. The van der Waals surface area contributed by atoms with Gasteiger partial charge in [0.1, 0.15) is 4.90 Å². The van der Waals surface area contributed by atoms with E-state index in [1.54, 1.807) is 16.6 Å². The molecule has 6 heteroatoms. The van der Waals surface area contributed by atoms with E-state index in [9.17, 15) is 8.42 Å². The van der Waals surface area contributed by atoms with Crippen LogP contribution in [-0.2, 0) is 23.1 Å². The first kappa shape index (κ1) is 16.5. The van der Waals surface area contributed by atoms with Gasteiger partial charge >= 0.3 is 0 Å². The third-order valence-electron chi connectivity index (χ3n) is 4.59. The van der Waals surface area contributed by atoms with Gasteiger partial charge in [0.2, 0.25) is 10.0 Å². The maximum Gasteiger partial charge on any atom is 0.244 e. The van der Waals surface area contributed by atoms with E-state index in [0.717, 1.165) is 25.1 Å². The Morgan fingerprint density at radius 2 is 1.95 bits per heavy atom. The van der Waals surface area contributed by atoms with Gasteiger partial charge in [0.15, 0.2) is 0 Å². The molecule has 0 bridgehead atoms. The number of hydrogen-bond acceptors (Lipinski definition) is 3. The summed E-state index contributed by atoms with van der Waals surface area (Å²) in [6.07, 6.45) is 3.62. The van der Waals surface area contributed by atoms with Crippen molar-refractivity contribution in [3.05, 3.63) is 18.0 Å². The van der Waals surface area contributed by atoms with Gasteiger partial charge in [-0.3, -0.25) is 0 Å². The summed E-state index contributed by atoms with van der Waals surface area (Å²) in [6, 6.07) is 1.72. The van der Waals surface area contributed by atoms with Crippen LogP contribution in [0.15, 0.2) is 17.2 Å². The summed E-state index contributed by atoms with van der Waals surface area (Å²) in [6.45, 7) is 8.76. The first-order chi connectivity index (χ1) is 9.90. The van der Waals surface area contributed by atoms with Crippen molar-refractivity contribution >= 4 is 10.0 Å². The Bertz CT molecular complexity index is 548. The minimum atomic E-state index is -3.38. The highest BCUT2D eigenvalue weighted by molar-refractivity contribution is 7.89. The lowest BCUT2D eigenvalue weighted by molar-refractivity contribution is 0.226. The Hall–Kier alpha value is -0.850. The molecule has 0 saturated carbocycles. The van der Waals surface area contributed by atoms with Crippen LogP contribution in [0, 0.1) is 11.8 Å². The second-order valence-corrected chi connectivity index (χ2v) is 8.08. The topological polar surface area (TPSA) is 68.3 Å². The predicted octanol–water partition coefficient (Wildman–Crippen LogP) is 2.02. The number of aryl methyl sites for hydroxylation is 1. The molecule has 1 aromatic heterocycles. The first-order valence-electron chi connectivity index (χ1n) is 7.79. The molecule has 1 aliphatic rings. The predicted molar refractivity (Wildman–Crippen MR) is 84.3 cm³/mol. The molecule has 1 saturated heterocycles. The fourth-order valence-corrected chi connectivity index (χ4v) is 4.60. The number of sulfonamides is 1. The summed E-state index contributed by atoms with van der Waals surface area (Å²) in [4.78, 5) is 0.382. The fourth-order valence-electron chi connectivity index (χ4n) is 3.06. The summed E-state index contributed by atoms with van der Waals surface area (Å²) in [7, 11) is -3.38. The van der Waals surface area contributed by atoms with E-state index in [0.29, 0.717) is 36.4 Å². The highest BCUT2D eigenvalue weighted by Gasteiger charge is 2.31. The molecular weight excluding hydrogens is 286 g/mol. The van der Waals surface area contributed by atoms with Crippen molar-refractivity contribution in [3.8, 4) is 0 Å². The smallest absolute Gasteiger partial charge is 0.244 e. The van der Waals surface area contributed by atoms with Crippen LogP contribution in [-0.4, -0.2) is 30.4 Å². The quantitative estimate of drug-likeness (QED) is 0.904. The first-order valence-corrected chi connectivity index (χ1v) is 9.23. The van der Waals surface area contributed by atoms with Gasteiger partial charge in [-0.1, -0.05) is 13.8 Å². The molecule has 2 rings (SSSR count). The summed E-state index contributed by atoms with van der Waals surface area (Å²) < 4.78 is 29.0. The van der Waals surface area contributed by atoms with Crippen molar-refractivity contribution in [2.24, 2.45) is 17.6 Å². The Labute approximate surface area is 128 Å². The van der Waals surface area contributed by atoms with Crippen molar-refractivity contribution in [1.29, 1.82) is 0 Å². The normalized spacial score (nSPS) is 18.5. The maximum absolute atomic E-state index is 12.7. The molecule has 2 heterocycles. The average Bonchev–Trinajstić information content (AvgIpc) is 2.91. The van der Waals surface area contributed by atoms with Gasteiger partial charge in [-0.25, -0.2) is 8.42 Å². The molecule has 0 amide bonds. The molecule has 0 atom stereocenters. The molecular formula is C15H27N3O2S. The Kier molecular flexibility index (Phi) is 5.11. The van der Waals surface area contributed by atoms with Gasteiger partial charge in [0.05, 0.1) is 0 Å². The second kappa shape index (κ2) is 6.50. The number of piperidine rings is 1. The number of hydrogen-bond donors (Lipinski definition) is 1. The SMILES string of the molecule is CCn1cc(S(=O)(=O)N2CCC(C(C)C)CC2)cc1CN. The number of rotatable bonds is 5. The molecule has 120 valence electrons. The van der Waals surface area contributed by atoms with Crippen molar-refractivity contribution in [2.45, 2.75) is 51.6 Å². The molecule has 0 aromatic carbocycles. The Morgan fingerprint density at radius 3 is 2.38 bits per heavy atom. The van der Waals surface area contributed by atoms with Crippen LogP contribution >= 0.6 is 0 Å². The second-order valence-electron chi connectivity index (χ2n) is 6.14.